The lowest BCUT2D eigenvalue weighted by Crippen LogP contribution is -1.66. The van der Waals surface area contributed by atoms with E-state index in [9.17, 15) is 0 Å². The Morgan fingerprint density at radius 1 is 1.10 bits per heavy atom. The molecular formula is C10H20. The van der Waals surface area contributed by atoms with E-state index in [0.717, 1.165) is 6.42 Å². The molecular weight excluding hydrogens is 120 g/mol. The molecule has 0 aliphatic heterocycles. The Balaban J connectivity index is 0. The third kappa shape index (κ3) is 15.6. The standard InChI is InChI=1S/C6H12.C4H8/c1-5(2)6(3)4;1-3-4-2/h1-4H3;3H,1,4H2,2H3. The highest BCUT2D eigenvalue weighted by Crippen LogP contribution is 1.96. The Hall–Kier alpha value is -0.520. The Morgan fingerprint density at radius 2 is 1.30 bits per heavy atom. The summed E-state index contributed by atoms with van der Waals surface area (Å²) >= 11 is 0. The highest BCUT2D eigenvalue weighted by molar-refractivity contribution is 5.02. The molecule has 0 aliphatic carbocycles. The molecule has 10 heavy (non-hydrogen) atoms. The molecule has 60 valence electrons. The molecule has 0 saturated carbocycles. The van der Waals surface area contributed by atoms with Crippen molar-refractivity contribution < 1.29 is 0 Å². The second kappa shape index (κ2) is 8.48. The summed E-state index contributed by atoms with van der Waals surface area (Å²) in [6.07, 6.45) is 2.96. The Morgan fingerprint density at radius 3 is 1.30 bits per heavy atom. The molecule has 0 N–H and O–H groups in total. The Labute approximate surface area is 65.7 Å². The summed E-state index contributed by atoms with van der Waals surface area (Å²) in [5, 5.41) is 0. The van der Waals surface area contributed by atoms with Gasteiger partial charge in [-0.25, -0.2) is 0 Å². The minimum atomic E-state index is 1.08. The van der Waals surface area contributed by atoms with Gasteiger partial charge in [-0.2, -0.15) is 0 Å². The lowest BCUT2D eigenvalue weighted by Gasteiger charge is -1.88. The average molecular weight is 140 g/mol. The summed E-state index contributed by atoms with van der Waals surface area (Å²) in [5.41, 5.74) is 2.85. The van der Waals surface area contributed by atoms with E-state index >= 15 is 0 Å². The molecule has 0 amide bonds. The zero-order chi connectivity index (χ0) is 8.57. The van der Waals surface area contributed by atoms with E-state index in [4.69, 9.17) is 0 Å². The summed E-state index contributed by atoms with van der Waals surface area (Å²) in [4.78, 5) is 0. The van der Waals surface area contributed by atoms with Gasteiger partial charge in [0, 0.05) is 0 Å². The molecule has 0 aromatic rings. The average Bonchev–Trinajstić information content (AvgIpc) is 1.89. The molecule has 0 saturated heterocycles. The van der Waals surface area contributed by atoms with Crippen LogP contribution in [0.3, 0.4) is 0 Å². The summed E-state index contributed by atoms with van der Waals surface area (Å²) in [6, 6.07) is 0. The highest BCUT2D eigenvalue weighted by atomic mass is 13.8. The molecule has 0 spiro atoms. The van der Waals surface area contributed by atoms with Crippen LogP contribution in [-0.2, 0) is 0 Å². The van der Waals surface area contributed by atoms with Crippen LogP contribution in [0.4, 0.5) is 0 Å². The van der Waals surface area contributed by atoms with Crippen LogP contribution in [0.2, 0.25) is 0 Å². The first-order chi connectivity index (χ1) is 4.56. The van der Waals surface area contributed by atoms with Crippen LogP contribution in [0.25, 0.3) is 0 Å². The topological polar surface area (TPSA) is 0 Å². The lowest BCUT2D eigenvalue weighted by molar-refractivity contribution is 1.23. The van der Waals surface area contributed by atoms with Crippen LogP contribution in [0.5, 0.6) is 0 Å². The van der Waals surface area contributed by atoms with E-state index in [1.165, 1.54) is 11.1 Å². The van der Waals surface area contributed by atoms with Crippen LogP contribution in [0, 0.1) is 0 Å². The predicted molar refractivity (Wildman–Crippen MR) is 50.2 cm³/mol. The fraction of sp³-hybridized carbons (Fsp3) is 0.600. The fourth-order valence-corrected chi connectivity index (χ4v) is 0. The van der Waals surface area contributed by atoms with Gasteiger partial charge in [0.05, 0.1) is 0 Å². The van der Waals surface area contributed by atoms with Crippen molar-refractivity contribution in [3.05, 3.63) is 23.8 Å². The van der Waals surface area contributed by atoms with E-state index in [0.29, 0.717) is 0 Å². The predicted octanol–water partition coefficient (Wildman–Crippen LogP) is 3.95. The van der Waals surface area contributed by atoms with Gasteiger partial charge >= 0.3 is 0 Å². The van der Waals surface area contributed by atoms with E-state index in [1.807, 2.05) is 6.08 Å². The fourth-order valence-electron chi connectivity index (χ4n) is 0. The van der Waals surface area contributed by atoms with Crippen molar-refractivity contribution in [3.8, 4) is 0 Å². The van der Waals surface area contributed by atoms with Gasteiger partial charge in [0.25, 0.3) is 0 Å². The van der Waals surface area contributed by atoms with E-state index in [1.54, 1.807) is 0 Å². The summed E-state index contributed by atoms with van der Waals surface area (Å²) in [7, 11) is 0. The van der Waals surface area contributed by atoms with Gasteiger partial charge in [-0.1, -0.05) is 24.1 Å². The maximum Gasteiger partial charge on any atom is -0.0382 e. The van der Waals surface area contributed by atoms with Gasteiger partial charge in [0.1, 0.15) is 0 Å². The normalized spacial score (nSPS) is 7.30. The minimum absolute atomic E-state index is 1.08. The molecule has 0 atom stereocenters. The summed E-state index contributed by atoms with van der Waals surface area (Å²) in [5.74, 6) is 0. The molecule has 0 heterocycles. The smallest absolute Gasteiger partial charge is 0.0382 e. The van der Waals surface area contributed by atoms with Crippen LogP contribution in [0.15, 0.2) is 23.8 Å². The zero-order valence-electron chi connectivity index (χ0n) is 7.99. The van der Waals surface area contributed by atoms with Gasteiger partial charge in [0.2, 0.25) is 0 Å². The number of rotatable bonds is 1. The van der Waals surface area contributed by atoms with Gasteiger partial charge in [0.15, 0.2) is 0 Å². The Bertz CT molecular complexity index is 89.2. The van der Waals surface area contributed by atoms with Crippen molar-refractivity contribution >= 4 is 0 Å². The molecule has 0 radical (unpaired) electrons. The van der Waals surface area contributed by atoms with Gasteiger partial charge in [-0.05, 0) is 34.1 Å². The maximum atomic E-state index is 3.48. The van der Waals surface area contributed by atoms with Crippen LogP contribution >= 0.6 is 0 Å². The van der Waals surface area contributed by atoms with Crippen molar-refractivity contribution in [1.82, 2.24) is 0 Å². The SMILES string of the molecule is C=CCC.CC(C)=C(C)C. The van der Waals surface area contributed by atoms with Gasteiger partial charge in [-0.3, -0.25) is 0 Å². The molecule has 0 heteroatoms. The number of hydrogen-bond acceptors (Lipinski definition) is 0. The molecule has 0 aromatic heterocycles. The van der Waals surface area contributed by atoms with Crippen molar-refractivity contribution in [2.24, 2.45) is 0 Å². The van der Waals surface area contributed by atoms with Crippen molar-refractivity contribution in [2.75, 3.05) is 0 Å². The van der Waals surface area contributed by atoms with E-state index in [-0.39, 0.29) is 0 Å². The second-order valence-electron chi connectivity index (χ2n) is 2.70. The minimum Gasteiger partial charge on any atom is -0.103 e. The lowest BCUT2D eigenvalue weighted by atomic mass is 10.2. The van der Waals surface area contributed by atoms with Crippen LogP contribution in [0.1, 0.15) is 41.0 Å². The first-order valence-electron chi connectivity index (χ1n) is 3.77. The Kier molecular flexibility index (Phi) is 10.3. The molecule has 0 bridgehead atoms. The van der Waals surface area contributed by atoms with Crippen molar-refractivity contribution in [2.45, 2.75) is 41.0 Å². The first kappa shape index (κ1) is 12.2. The van der Waals surface area contributed by atoms with Crippen molar-refractivity contribution in [1.29, 1.82) is 0 Å². The molecule has 0 rings (SSSR count). The third-order valence-corrected chi connectivity index (χ3v) is 1.29. The van der Waals surface area contributed by atoms with Crippen LogP contribution in [-0.4, -0.2) is 0 Å². The largest absolute Gasteiger partial charge is 0.103 e. The van der Waals surface area contributed by atoms with Crippen molar-refractivity contribution in [3.63, 3.8) is 0 Å². The molecule has 0 unspecified atom stereocenters. The zero-order valence-corrected chi connectivity index (χ0v) is 7.99. The monoisotopic (exact) mass is 140 g/mol. The molecule has 0 fully saturated rings. The number of allylic oxidation sites excluding steroid dienone is 3. The van der Waals surface area contributed by atoms with Gasteiger partial charge < -0.3 is 0 Å². The molecule has 0 nitrogen and oxygen atoms in total. The molecule has 0 aliphatic rings. The van der Waals surface area contributed by atoms with Crippen LogP contribution < -0.4 is 0 Å². The number of hydrogen-bond donors (Lipinski definition) is 0. The summed E-state index contributed by atoms with van der Waals surface area (Å²) < 4.78 is 0. The summed E-state index contributed by atoms with van der Waals surface area (Å²) in [6.45, 7) is 14.0. The first-order valence-corrected chi connectivity index (χ1v) is 3.77. The van der Waals surface area contributed by atoms with E-state index in [2.05, 4.69) is 41.2 Å². The quantitative estimate of drug-likeness (QED) is 0.484. The third-order valence-electron chi connectivity index (χ3n) is 1.29. The highest BCUT2D eigenvalue weighted by Gasteiger charge is 1.75. The second-order valence-corrected chi connectivity index (χ2v) is 2.70. The maximum absolute atomic E-state index is 3.48. The van der Waals surface area contributed by atoms with Gasteiger partial charge in [-0.15, -0.1) is 6.58 Å². The van der Waals surface area contributed by atoms with E-state index < -0.39 is 0 Å². The molecule has 0 aromatic carbocycles.